The molecule has 0 atom stereocenters. The Morgan fingerprint density at radius 2 is 2.00 bits per heavy atom. The van der Waals surface area contributed by atoms with Gasteiger partial charge in [-0.1, -0.05) is 0 Å². The van der Waals surface area contributed by atoms with Crippen molar-refractivity contribution in [2.75, 3.05) is 18.0 Å². The number of anilines is 1. The zero-order valence-corrected chi connectivity index (χ0v) is 8.64. The number of nitrogens with zero attached hydrogens (tertiary/aromatic N) is 1. The molecular formula is C11H12N2O3. The molecule has 5 nitrogen and oxygen atoms in total. The number of amides is 2. The predicted octanol–water partition coefficient (Wildman–Crippen LogP) is 1.30. The molecule has 0 bridgehead atoms. The van der Waals surface area contributed by atoms with Gasteiger partial charge in [-0.3, -0.25) is 4.90 Å². The molecular weight excluding hydrogens is 208 g/mol. The van der Waals surface area contributed by atoms with E-state index in [4.69, 9.17) is 5.11 Å². The van der Waals surface area contributed by atoms with Crippen LogP contribution in [-0.2, 0) is 0 Å². The number of carboxylic acids is 1. The number of aromatic carboxylic acids is 1. The Hall–Kier alpha value is -2.04. The van der Waals surface area contributed by atoms with Crippen molar-refractivity contribution in [3.05, 3.63) is 29.8 Å². The van der Waals surface area contributed by atoms with Crippen molar-refractivity contribution in [2.45, 2.75) is 6.42 Å². The van der Waals surface area contributed by atoms with Crippen LogP contribution in [0.15, 0.2) is 24.3 Å². The van der Waals surface area contributed by atoms with Crippen molar-refractivity contribution in [3.63, 3.8) is 0 Å². The van der Waals surface area contributed by atoms with Crippen molar-refractivity contribution in [1.29, 1.82) is 0 Å². The summed E-state index contributed by atoms with van der Waals surface area (Å²) in [6, 6.07) is 6.16. The Balaban J connectivity index is 2.20. The number of benzene rings is 1. The number of carbonyl (C=O) groups is 2. The largest absolute Gasteiger partial charge is 0.478 e. The van der Waals surface area contributed by atoms with Gasteiger partial charge in [-0.2, -0.15) is 0 Å². The molecule has 1 aromatic carbocycles. The highest BCUT2D eigenvalue weighted by Gasteiger charge is 2.18. The molecule has 2 amide bonds. The smallest absolute Gasteiger partial charge is 0.335 e. The van der Waals surface area contributed by atoms with Crippen molar-refractivity contribution in [3.8, 4) is 0 Å². The maximum atomic E-state index is 11.5. The second kappa shape index (κ2) is 4.22. The molecule has 0 aromatic heterocycles. The number of nitrogens with one attached hydrogen (secondary N) is 1. The van der Waals surface area contributed by atoms with Gasteiger partial charge in [0, 0.05) is 18.8 Å². The Morgan fingerprint density at radius 1 is 1.31 bits per heavy atom. The minimum absolute atomic E-state index is 0.130. The number of carbonyl (C=O) groups excluding carboxylic acids is 1. The summed E-state index contributed by atoms with van der Waals surface area (Å²) in [5.74, 6) is -0.963. The molecule has 2 N–H and O–H groups in total. The average molecular weight is 220 g/mol. The van der Waals surface area contributed by atoms with E-state index in [0.29, 0.717) is 13.1 Å². The molecule has 0 aliphatic carbocycles. The van der Waals surface area contributed by atoms with Crippen LogP contribution in [0.1, 0.15) is 16.8 Å². The zero-order valence-electron chi connectivity index (χ0n) is 8.64. The van der Waals surface area contributed by atoms with Gasteiger partial charge in [-0.25, -0.2) is 9.59 Å². The predicted molar refractivity (Wildman–Crippen MR) is 58.8 cm³/mol. The van der Waals surface area contributed by atoms with Crippen molar-refractivity contribution in [2.24, 2.45) is 0 Å². The number of hydrogen-bond acceptors (Lipinski definition) is 2. The molecule has 84 valence electrons. The molecule has 0 spiro atoms. The molecule has 5 heteroatoms. The highest BCUT2D eigenvalue weighted by Crippen LogP contribution is 2.17. The molecule has 0 saturated carbocycles. The monoisotopic (exact) mass is 220 g/mol. The Kier molecular flexibility index (Phi) is 2.76. The van der Waals surface area contributed by atoms with E-state index in [-0.39, 0.29) is 11.6 Å². The second-order valence-electron chi connectivity index (χ2n) is 3.59. The molecule has 0 radical (unpaired) electrons. The standard InChI is InChI=1S/C11H12N2O3/c14-10(15)8-2-4-9(5-3-8)13-7-1-6-12-11(13)16/h2-5H,1,6-7H2,(H,12,16)(H,14,15). The van der Waals surface area contributed by atoms with Crippen molar-refractivity contribution < 1.29 is 14.7 Å². The molecule has 2 rings (SSSR count). The molecule has 1 aromatic rings. The van der Waals surface area contributed by atoms with Crippen LogP contribution in [0.4, 0.5) is 10.5 Å². The minimum atomic E-state index is -0.963. The van der Waals surface area contributed by atoms with Gasteiger partial charge in [0.25, 0.3) is 0 Å². The van der Waals surface area contributed by atoms with Crippen LogP contribution in [-0.4, -0.2) is 30.2 Å². The summed E-state index contributed by atoms with van der Waals surface area (Å²) in [6.45, 7) is 1.36. The first-order valence-corrected chi connectivity index (χ1v) is 5.07. The van der Waals surface area contributed by atoms with Crippen LogP contribution in [0.2, 0.25) is 0 Å². The molecule has 0 unspecified atom stereocenters. The van der Waals surface area contributed by atoms with Gasteiger partial charge >= 0.3 is 12.0 Å². The second-order valence-corrected chi connectivity index (χ2v) is 3.59. The lowest BCUT2D eigenvalue weighted by Crippen LogP contribution is -2.46. The van der Waals surface area contributed by atoms with E-state index in [2.05, 4.69) is 5.32 Å². The lowest BCUT2D eigenvalue weighted by Gasteiger charge is -2.27. The van der Waals surface area contributed by atoms with E-state index in [0.717, 1.165) is 12.1 Å². The summed E-state index contributed by atoms with van der Waals surface area (Å²) in [5, 5.41) is 11.5. The van der Waals surface area contributed by atoms with Gasteiger partial charge in [-0.15, -0.1) is 0 Å². The van der Waals surface area contributed by atoms with Crippen LogP contribution in [0.3, 0.4) is 0 Å². The van der Waals surface area contributed by atoms with E-state index in [1.807, 2.05) is 0 Å². The molecule has 16 heavy (non-hydrogen) atoms. The number of carboxylic acid groups (broad SMARTS) is 1. The quantitative estimate of drug-likeness (QED) is 0.789. The zero-order chi connectivity index (χ0) is 11.5. The molecule has 1 saturated heterocycles. The maximum Gasteiger partial charge on any atom is 0.335 e. The molecule has 1 aliphatic rings. The Morgan fingerprint density at radius 3 is 2.56 bits per heavy atom. The number of rotatable bonds is 2. The van der Waals surface area contributed by atoms with E-state index in [9.17, 15) is 9.59 Å². The van der Waals surface area contributed by atoms with Gasteiger partial charge in [0.15, 0.2) is 0 Å². The fourth-order valence-corrected chi connectivity index (χ4v) is 1.66. The lowest BCUT2D eigenvalue weighted by atomic mass is 10.2. The summed E-state index contributed by atoms with van der Waals surface area (Å²) in [4.78, 5) is 23.8. The summed E-state index contributed by atoms with van der Waals surface area (Å²) < 4.78 is 0. The van der Waals surface area contributed by atoms with Crippen LogP contribution in [0.25, 0.3) is 0 Å². The van der Waals surface area contributed by atoms with Gasteiger partial charge in [0.05, 0.1) is 5.56 Å². The van der Waals surface area contributed by atoms with E-state index >= 15 is 0 Å². The van der Waals surface area contributed by atoms with Crippen LogP contribution in [0.5, 0.6) is 0 Å². The summed E-state index contributed by atoms with van der Waals surface area (Å²) in [7, 11) is 0. The summed E-state index contributed by atoms with van der Waals surface area (Å²) in [5.41, 5.74) is 0.948. The third-order valence-corrected chi connectivity index (χ3v) is 2.51. The maximum absolute atomic E-state index is 11.5. The van der Waals surface area contributed by atoms with E-state index in [1.165, 1.54) is 12.1 Å². The van der Waals surface area contributed by atoms with Crippen molar-refractivity contribution in [1.82, 2.24) is 5.32 Å². The van der Waals surface area contributed by atoms with Gasteiger partial charge in [0.1, 0.15) is 0 Å². The molecule has 1 aliphatic heterocycles. The first-order chi connectivity index (χ1) is 7.68. The fraction of sp³-hybridized carbons (Fsp3) is 0.273. The van der Waals surface area contributed by atoms with E-state index < -0.39 is 5.97 Å². The van der Waals surface area contributed by atoms with Crippen LogP contribution in [0, 0.1) is 0 Å². The minimum Gasteiger partial charge on any atom is -0.478 e. The normalized spacial score (nSPS) is 15.8. The van der Waals surface area contributed by atoms with Gasteiger partial charge in [-0.05, 0) is 30.7 Å². The van der Waals surface area contributed by atoms with E-state index in [1.54, 1.807) is 17.0 Å². The van der Waals surface area contributed by atoms with Crippen LogP contribution < -0.4 is 10.2 Å². The highest BCUT2D eigenvalue weighted by molar-refractivity contribution is 5.93. The highest BCUT2D eigenvalue weighted by atomic mass is 16.4. The first-order valence-electron chi connectivity index (χ1n) is 5.07. The Bertz CT molecular complexity index is 414. The number of hydrogen-bond donors (Lipinski definition) is 2. The third kappa shape index (κ3) is 1.98. The lowest BCUT2D eigenvalue weighted by molar-refractivity contribution is 0.0697. The van der Waals surface area contributed by atoms with Gasteiger partial charge in [0.2, 0.25) is 0 Å². The number of urea groups is 1. The third-order valence-electron chi connectivity index (χ3n) is 2.51. The first kappa shape index (κ1) is 10.5. The summed E-state index contributed by atoms with van der Waals surface area (Å²) >= 11 is 0. The fourth-order valence-electron chi connectivity index (χ4n) is 1.66. The van der Waals surface area contributed by atoms with Crippen LogP contribution >= 0.6 is 0 Å². The molecule has 1 fully saturated rings. The molecule has 1 heterocycles. The topological polar surface area (TPSA) is 69.6 Å². The van der Waals surface area contributed by atoms with Gasteiger partial charge < -0.3 is 10.4 Å². The van der Waals surface area contributed by atoms with Crippen molar-refractivity contribution >= 4 is 17.7 Å². The summed E-state index contributed by atoms with van der Waals surface area (Å²) in [6.07, 6.45) is 0.895. The Labute approximate surface area is 92.7 Å². The average Bonchev–Trinajstić information content (AvgIpc) is 2.30. The SMILES string of the molecule is O=C(O)c1ccc(N2CCCNC2=O)cc1.